The summed E-state index contributed by atoms with van der Waals surface area (Å²) in [6, 6.07) is 13.5. The number of aliphatic hydroxyl groups is 1. The highest BCUT2D eigenvalue weighted by Gasteiger charge is 2.35. The maximum atomic E-state index is 14.0. The van der Waals surface area contributed by atoms with Gasteiger partial charge >= 0.3 is 0 Å². The molecule has 35 heavy (non-hydrogen) atoms. The zero-order chi connectivity index (χ0) is 24.6. The van der Waals surface area contributed by atoms with Crippen LogP contribution in [0.2, 0.25) is 0 Å². The molecule has 0 unspecified atom stereocenters. The maximum Gasteiger partial charge on any atom is 0.264 e. The van der Waals surface area contributed by atoms with E-state index in [1.54, 1.807) is 9.58 Å². The quantitative estimate of drug-likeness (QED) is 0.474. The molecule has 0 radical (unpaired) electrons. The van der Waals surface area contributed by atoms with Crippen LogP contribution in [0.25, 0.3) is 16.7 Å². The standard InChI is InChI=1S/C25H24FN5O4/c1-35-21-8-7-17(13-20(21)26)23(32)29-11-9-25(34,10-12-29)15-30-16-27-22-19(24(30)33)14-28-31(22)18-5-3-2-4-6-18/h2-8,13-14,16,34H,9-12,15H2,1H3. The fourth-order valence-electron chi connectivity index (χ4n) is 4.40. The van der Waals surface area contributed by atoms with Crippen LogP contribution in [0.5, 0.6) is 5.75 Å². The molecule has 0 saturated carbocycles. The lowest BCUT2D eigenvalue weighted by atomic mass is 9.91. The molecular formula is C25H24FN5O4. The summed E-state index contributed by atoms with van der Waals surface area (Å²) in [5, 5.41) is 15.8. The fraction of sp³-hybridized carbons (Fsp3) is 0.280. The fourth-order valence-corrected chi connectivity index (χ4v) is 4.40. The van der Waals surface area contributed by atoms with Crippen molar-refractivity contribution in [3.05, 3.63) is 82.8 Å². The van der Waals surface area contributed by atoms with Gasteiger partial charge in [-0.1, -0.05) is 18.2 Å². The number of benzene rings is 2. The average molecular weight is 477 g/mol. The number of carbonyl (C=O) groups is 1. The Morgan fingerprint density at radius 2 is 1.91 bits per heavy atom. The number of amides is 1. The van der Waals surface area contributed by atoms with Crippen LogP contribution in [0.15, 0.2) is 65.8 Å². The number of hydrogen-bond acceptors (Lipinski definition) is 6. The van der Waals surface area contributed by atoms with Crippen molar-refractivity contribution < 1.29 is 19.0 Å². The summed E-state index contributed by atoms with van der Waals surface area (Å²) in [5.74, 6) is -0.855. The van der Waals surface area contributed by atoms with Gasteiger partial charge < -0.3 is 14.7 Å². The molecule has 1 N–H and O–H groups in total. The molecule has 0 bridgehead atoms. The van der Waals surface area contributed by atoms with Gasteiger partial charge in [-0.3, -0.25) is 14.2 Å². The lowest BCUT2D eigenvalue weighted by Crippen LogP contribution is -2.49. The first kappa shape index (κ1) is 22.7. The minimum Gasteiger partial charge on any atom is -0.494 e. The van der Waals surface area contributed by atoms with E-state index in [1.165, 1.54) is 36.3 Å². The molecule has 2 aromatic carbocycles. The Kier molecular flexibility index (Phi) is 5.81. The van der Waals surface area contributed by atoms with E-state index in [2.05, 4.69) is 10.1 Å². The third-order valence-corrected chi connectivity index (χ3v) is 6.40. The summed E-state index contributed by atoms with van der Waals surface area (Å²) < 4.78 is 21.9. The number of hydrogen-bond donors (Lipinski definition) is 1. The van der Waals surface area contributed by atoms with Crippen LogP contribution in [0.1, 0.15) is 23.2 Å². The Balaban J connectivity index is 1.30. The molecule has 1 fully saturated rings. The summed E-state index contributed by atoms with van der Waals surface area (Å²) in [6.07, 6.45) is 3.44. The van der Waals surface area contributed by atoms with Crippen LogP contribution >= 0.6 is 0 Å². The first-order valence-electron chi connectivity index (χ1n) is 11.2. The SMILES string of the molecule is COc1ccc(C(=O)N2CCC(O)(Cn3cnc4c(cnn4-c4ccccc4)c3=O)CC2)cc1F. The normalized spacial score (nSPS) is 15.3. The first-order valence-corrected chi connectivity index (χ1v) is 11.2. The minimum atomic E-state index is -1.18. The number of nitrogens with zero attached hydrogens (tertiary/aromatic N) is 5. The van der Waals surface area contributed by atoms with E-state index in [-0.39, 0.29) is 55.3 Å². The van der Waals surface area contributed by atoms with Crippen LogP contribution in [0.3, 0.4) is 0 Å². The summed E-state index contributed by atoms with van der Waals surface area (Å²) in [5.41, 5.74) is -0.0275. The monoisotopic (exact) mass is 477 g/mol. The van der Waals surface area contributed by atoms with Gasteiger partial charge in [0, 0.05) is 18.7 Å². The largest absolute Gasteiger partial charge is 0.494 e. The molecule has 1 aliphatic rings. The number of piperidine rings is 1. The Morgan fingerprint density at radius 3 is 2.60 bits per heavy atom. The number of methoxy groups -OCH3 is 1. The number of para-hydroxylation sites is 1. The van der Waals surface area contributed by atoms with Crippen LogP contribution in [-0.4, -0.2) is 61.0 Å². The third kappa shape index (κ3) is 4.28. The number of halogens is 1. The summed E-state index contributed by atoms with van der Waals surface area (Å²) >= 11 is 0. The summed E-state index contributed by atoms with van der Waals surface area (Å²) in [6.45, 7) is 0.600. The van der Waals surface area contributed by atoms with Gasteiger partial charge in [0.25, 0.3) is 11.5 Å². The van der Waals surface area contributed by atoms with Crippen molar-refractivity contribution in [1.29, 1.82) is 0 Å². The molecule has 10 heteroatoms. The van der Waals surface area contributed by atoms with Gasteiger partial charge in [0.15, 0.2) is 17.2 Å². The van der Waals surface area contributed by atoms with Gasteiger partial charge in [-0.05, 0) is 43.2 Å². The lowest BCUT2D eigenvalue weighted by molar-refractivity contribution is -0.0299. The van der Waals surface area contributed by atoms with Crippen LogP contribution < -0.4 is 10.3 Å². The molecular weight excluding hydrogens is 453 g/mol. The summed E-state index contributed by atoms with van der Waals surface area (Å²) in [7, 11) is 1.36. The molecule has 180 valence electrons. The summed E-state index contributed by atoms with van der Waals surface area (Å²) in [4.78, 5) is 31.9. The van der Waals surface area contributed by atoms with Crippen molar-refractivity contribution >= 4 is 16.9 Å². The van der Waals surface area contributed by atoms with Gasteiger partial charge in [0.05, 0.1) is 31.1 Å². The molecule has 1 aliphatic heterocycles. The second-order valence-electron chi connectivity index (χ2n) is 8.67. The van der Waals surface area contributed by atoms with Crippen molar-refractivity contribution in [1.82, 2.24) is 24.2 Å². The van der Waals surface area contributed by atoms with E-state index >= 15 is 0 Å². The van der Waals surface area contributed by atoms with Crippen molar-refractivity contribution in [3.63, 3.8) is 0 Å². The second kappa shape index (κ2) is 8.95. The van der Waals surface area contributed by atoms with Gasteiger partial charge in [-0.2, -0.15) is 5.10 Å². The molecule has 0 spiro atoms. The van der Waals surface area contributed by atoms with E-state index in [1.807, 2.05) is 30.3 Å². The molecule has 9 nitrogen and oxygen atoms in total. The Labute approximate surface area is 200 Å². The number of ether oxygens (including phenoxy) is 1. The van der Waals surface area contributed by atoms with E-state index < -0.39 is 11.4 Å². The predicted octanol–water partition coefficient (Wildman–Crippen LogP) is 2.40. The molecule has 1 amide bonds. The average Bonchev–Trinajstić information content (AvgIpc) is 3.31. The van der Waals surface area contributed by atoms with Crippen LogP contribution in [-0.2, 0) is 6.54 Å². The van der Waals surface area contributed by atoms with Crippen LogP contribution in [0, 0.1) is 5.82 Å². The van der Waals surface area contributed by atoms with Gasteiger partial charge in [0.1, 0.15) is 11.7 Å². The molecule has 3 heterocycles. The highest BCUT2D eigenvalue weighted by atomic mass is 19.1. The zero-order valence-electron chi connectivity index (χ0n) is 19.1. The van der Waals surface area contributed by atoms with E-state index in [0.717, 1.165) is 11.8 Å². The number of aromatic nitrogens is 4. The Morgan fingerprint density at radius 1 is 1.17 bits per heavy atom. The van der Waals surface area contributed by atoms with E-state index in [4.69, 9.17) is 4.74 Å². The smallest absolute Gasteiger partial charge is 0.264 e. The van der Waals surface area contributed by atoms with Gasteiger partial charge in [0.2, 0.25) is 0 Å². The first-order chi connectivity index (χ1) is 16.9. The molecule has 5 rings (SSSR count). The van der Waals surface area contributed by atoms with Crippen molar-refractivity contribution in [2.45, 2.75) is 25.0 Å². The lowest BCUT2D eigenvalue weighted by Gasteiger charge is -2.38. The molecule has 0 aliphatic carbocycles. The van der Waals surface area contributed by atoms with Crippen molar-refractivity contribution in [2.75, 3.05) is 20.2 Å². The number of fused-ring (bicyclic) bond motifs is 1. The van der Waals surface area contributed by atoms with Crippen molar-refractivity contribution in [2.24, 2.45) is 0 Å². The minimum absolute atomic E-state index is 0.0461. The molecule has 2 aromatic heterocycles. The Bertz CT molecular complexity index is 1440. The van der Waals surface area contributed by atoms with Crippen LogP contribution in [0.4, 0.5) is 4.39 Å². The third-order valence-electron chi connectivity index (χ3n) is 6.40. The second-order valence-corrected chi connectivity index (χ2v) is 8.67. The number of carbonyl (C=O) groups excluding carboxylic acids is 1. The van der Waals surface area contributed by atoms with Crippen molar-refractivity contribution in [3.8, 4) is 11.4 Å². The Hall–Kier alpha value is -4.05. The molecule has 4 aromatic rings. The highest BCUT2D eigenvalue weighted by molar-refractivity contribution is 5.94. The highest BCUT2D eigenvalue weighted by Crippen LogP contribution is 2.26. The van der Waals surface area contributed by atoms with E-state index in [0.29, 0.717) is 11.0 Å². The predicted molar refractivity (Wildman–Crippen MR) is 126 cm³/mol. The van der Waals surface area contributed by atoms with E-state index in [9.17, 15) is 19.1 Å². The number of rotatable bonds is 5. The molecule has 0 atom stereocenters. The topological polar surface area (TPSA) is 102 Å². The van der Waals surface area contributed by atoms with Gasteiger partial charge in [-0.25, -0.2) is 14.1 Å². The number of likely N-dealkylation sites (tertiary alicyclic amines) is 1. The van der Waals surface area contributed by atoms with Gasteiger partial charge in [-0.15, -0.1) is 0 Å². The maximum absolute atomic E-state index is 14.0. The zero-order valence-corrected chi connectivity index (χ0v) is 19.1. The molecule has 1 saturated heterocycles.